The van der Waals surface area contributed by atoms with Crippen LogP contribution in [0.25, 0.3) is 10.9 Å². The number of aryl methyl sites for hydroxylation is 2. The highest BCUT2D eigenvalue weighted by Gasteiger charge is 2.15. The van der Waals surface area contributed by atoms with Crippen molar-refractivity contribution in [1.82, 2.24) is 4.57 Å². The lowest BCUT2D eigenvalue weighted by Gasteiger charge is -2.06. The number of halogens is 1. The van der Waals surface area contributed by atoms with E-state index in [9.17, 15) is 5.11 Å². The van der Waals surface area contributed by atoms with Crippen LogP contribution in [-0.4, -0.2) is 16.2 Å². The van der Waals surface area contributed by atoms with E-state index in [4.69, 9.17) is 17.3 Å². The standard InChI is InChI=1S/C12H15ClN2O/c1-7-10(13)4-3-8-9(11(16)5-14)6-15(2)12(7)8/h3-4,6,11,16H,5,14H2,1-2H3. The molecule has 0 radical (unpaired) electrons. The Kier molecular flexibility index (Phi) is 2.93. The minimum absolute atomic E-state index is 0.223. The number of rotatable bonds is 2. The molecule has 3 nitrogen and oxygen atoms in total. The van der Waals surface area contributed by atoms with Gasteiger partial charge in [-0.3, -0.25) is 0 Å². The van der Waals surface area contributed by atoms with Gasteiger partial charge in [-0.1, -0.05) is 17.7 Å². The molecule has 1 aromatic heterocycles. The van der Waals surface area contributed by atoms with Gasteiger partial charge in [0.05, 0.1) is 11.6 Å². The molecule has 1 unspecified atom stereocenters. The highest BCUT2D eigenvalue weighted by molar-refractivity contribution is 6.32. The maximum Gasteiger partial charge on any atom is 0.0932 e. The van der Waals surface area contributed by atoms with Crippen molar-refractivity contribution in [3.63, 3.8) is 0 Å². The molecule has 0 aliphatic heterocycles. The summed E-state index contributed by atoms with van der Waals surface area (Å²) in [6.45, 7) is 2.20. The van der Waals surface area contributed by atoms with Crippen LogP contribution in [0.3, 0.4) is 0 Å². The molecule has 3 N–H and O–H groups in total. The summed E-state index contributed by atoms with van der Waals surface area (Å²) < 4.78 is 1.98. The van der Waals surface area contributed by atoms with Crippen molar-refractivity contribution in [2.24, 2.45) is 12.8 Å². The average molecular weight is 239 g/mol. The zero-order chi connectivity index (χ0) is 11.9. The van der Waals surface area contributed by atoms with E-state index in [1.807, 2.05) is 36.9 Å². The van der Waals surface area contributed by atoms with E-state index in [2.05, 4.69) is 0 Å². The van der Waals surface area contributed by atoms with Gasteiger partial charge in [0.25, 0.3) is 0 Å². The molecule has 86 valence electrons. The summed E-state index contributed by atoms with van der Waals surface area (Å²) in [6, 6.07) is 3.78. The number of hydrogen-bond donors (Lipinski definition) is 2. The van der Waals surface area contributed by atoms with Gasteiger partial charge in [-0.2, -0.15) is 0 Å². The second-order valence-corrected chi connectivity index (χ2v) is 4.42. The first-order valence-corrected chi connectivity index (χ1v) is 5.56. The Morgan fingerprint density at radius 3 is 2.81 bits per heavy atom. The van der Waals surface area contributed by atoms with Crippen LogP contribution >= 0.6 is 11.6 Å². The molecule has 0 amide bonds. The second kappa shape index (κ2) is 4.09. The van der Waals surface area contributed by atoms with E-state index < -0.39 is 6.10 Å². The molecule has 0 aliphatic rings. The number of aliphatic hydroxyl groups is 1. The molecule has 1 heterocycles. The number of fused-ring (bicyclic) bond motifs is 1. The average Bonchev–Trinajstić information content (AvgIpc) is 2.61. The number of aliphatic hydroxyl groups excluding tert-OH is 1. The van der Waals surface area contributed by atoms with Gasteiger partial charge in [0.2, 0.25) is 0 Å². The van der Waals surface area contributed by atoms with E-state index in [-0.39, 0.29) is 6.54 Å². The number of aromatic nitrogens is 1. The Morgan fingerprint density at radius 2 is 2.19 bits per heavy atom. The van der Waals surface area contributed by atoms with Crippen LogP contribution in [-0.2, 0) is 7.05 Å². The SMILES string of the molecule is Cc1c(Cl)ccc2c(C(O)CN)cn(C)c12. The molecule has 0 saturated carbocycles. The Labute approximate surface area is 99.4 Å². The first kappa shape index (κ1) is 11.5. The Hall–Kier alpha value is -1.03. The van der Waals surface area contributed by atoms with Gasteiger partial charge in [-0.25, -0.2) is 0 Å². The first-order valence-electron chi connectivity index (χ1n) is 5.18. The predicted octanol–water partition coefficient (Wildman–Crippen LogP) is 2.13. The summed E-state index contributed by atoms with van der Waals surface area (Å²) in [5.74, 6) is 0. The maximum absolute atomic E-state index is 9.83. The predicted molar refractivity (Wildman–Crippen MR) is 66.7 cm³/mol. The van der Waals surface area contributed by atoms with Crippen LogP contribution in [0.4, 0.5) is 0 Å². The lowest BCUT2D eigenvalue weighted by molar-refractivity contribution is 0.188. The Bertz CT molecular complexity index is 533. The van der Waals surface area contributed by atoms with Crippen LogP contribution in [0.1, 0.15) is 17.2 Å². The van der Waals surface area contributed by atoms with Crippen molar-refractivity contribution in [1.29, 1.82) is 0 Å². The van der Waals surface area contributed by atoms with Crippen molar-refractivity contribution < 1.29 is 5.11 Å². The monoisotopic (exact) mass is 238 g/mol. The minimum Gasteiger partial charge on any atom is -0.387 e. The van der Waals surface area contributed by atoms with Gasteiger partial charge in [0.15, 0.2) is 0 Å². The van der Waals surface area contributed by atoms with Gasteiger partial charge in [0, 0.05) is 35.8 Å². The molecule has 4 heteroatoms. The number of benzene rings is 1. The van der Waals surface area contributed by atoms with Crippen LogP contribution in [0.2, 0.25) is 5.02 Å². The molecule has 1 atom stereocenters. The molecule has 0 aliphatic carbocycles. The number of hydrogen-bond acceptors (Lipinski definition) is 2. The van der Waals surface area contributed by atoms with Gasteiger partial charge in [0.1, 0.15) is 0 Å². The normalized spacial score (nSPS) is 13.3. The van der Waals surface area contributed by atoms with E-state index in [0.29, 0.717) is 0 Å². The minimum atomic E-state index is -0.621. The Balaban J connectivity index is 2.77. The molecule has 2 aromatic rings. The smallest absolute Gasteiger partial charge is 0.0932 e. The lowest BCUT2D eigenvalue weighted by atomic mass is 10.1. The fraction of sp³-hybridized carbons (Fsp3) is 0.333. The molecule has 0 saturated heterocycles. The number of nitrogens with two attached hydrogens (primary N) is 1. The Morgan fingerprint density at radius 1 is 1.50 bits per heavy atom. The highest BCUT2D eigenvalue weighted by Crippen LogP contribution is 2.31. The molecular formula is C12H15ClN2O. The summed E-state index contributed by atoms with van der Waals surface area (Å²) in [6.07, 6.45) is 1.29. The summed E-state index contributed by atoms with van der Waals surface area (Å²) in [7, 11) is 1.94. The third kappa shape index (κ3) is 1.61. The maximum atomic E-state index is 9.83. The largest absolute Gasteiger partial charge is 0.387 e. The third-order valence-corrected chi connectivity index (χ3v) is 3.35. The van der Waals surface area contributed by atoms with Crippen LogP contribution < -0.4 is 5.73 Å². The molecular weight excluding hydrogens is 224 g/mol. The van der Waals surface area contributed by atoms with Crippen molar-refractivity contribution in [2.45, 2.75) is 13.0 Å². The fourth-order valence-corrected chi connectivity index (χ4v) is 2.25. The number of nitrogens with zero attached hydrogens (tertiary/aromatic N) is 1. The van der Waals surface area contributed by atoms with Gasteiger partial charge in [-0.05, 0) is 18.6 Å². The zero-order valence-corrected chi connectivity index (χ0v) is 10.1. The molecule has 16 heavy (non-hydrogen) atoms. The van der Waals surface area contributed by atoms with Crippen molar-refractivity contribution in [2.75, 3.05) is 6.54 Å². The van der Waals surface area contributed by atoms with E-state index in [1.165, 1.54) is 0 Å². The molecule has 0 bridgehead atoms. The summed E-state index contributed by atoms with van der Waals surface area (Å²) >= 11 is 6.08. The van der Waals surface area contributed by atoms with Crippen molar-refractivity contribution in [3.05, 3.63) is 34.5 Å². The van der Waals surface area contributed by atoms with Crippen LogP contribution in [0.5, 0.6) is 0 Å². The van der Waals surface area contributed by atoms with E-state index in [1.54, 1.807) is 0 Å². The van der Waals surface area contributed by atoms with Crippen LogP contribution in [0, 0.1) is 6.92 Å². The zero-order valence-electron chi connectivity index (χ0n) is 9.37. The topological polar surface area (TPSA) is 51.2 Å². The van der Waals surface area contributed by atoms with Gasteiger partial charge in [-0.15, -0.1) is 0 Å². The van der Waals surface area contributed by atoms with E-state index >= 15 is 0 Å². The van der Waals surface area contributed by atoms with E-state index in [0.717, 1.165) is 27.1 Å². The summed E-state index contributed by atoms with van der Waals surface area (Å²) in [5, 5.41) is 11.6. The van der Waals surface area contributed by atoms with Gasteiger partial charge < -0.3 is 15.4 Å². The first-order chi connectivity index (χ1) is 7.56. The molecule has 1 aromatic carbocycles. The summed E-state index contributed by atoms with van der Waals surface area (Å²) in [5.41, 5.74) is 8.42. The quantitative estimate of drug-likeness (QED) is 0.842. The van der Waals surface area contributed by atoms with Gasteiger partial charge >= 0.3 is 0 Å². The fourth-order valence-electron chi connectivity index (χ4n) is 2.10. The molecule has 2 rings (SSSR count). The molecule has 0 spiro atoms. The summed E-state index contributed by atoms with van der Waals surface area (Å²) in [4.78, 5) is 0. The third-order valence-electron chi connectivity index (χ3n) is 2.94. The van der Waals surface area contributed by atoms with Crippen molar-refractivity contribution in [3.8, 4) is 0 Å². The lowest BCUT2D eigenvalue weighted by Crippen LogP contribution is -2.10. The van der Waals surface area contributed by atoms with Crippen molar-refractivity contribution >= 4 is 22.5 Å². The second-order valence-electron chi connectivity index (χ2n) is 4.02. The van der Waals surface area contributed by atoms with Crippen LogP contribution in [0.15, 0.2) is 18.3 Å². The highest BCUT2D eigenvalue weighted by atomic mass is 35.5. The molecule has 0 fully saturated rings.